The Balaban J connectivity index is 1.92. The maximum atomic E-state index is 12.1. The summed E-state index contributed by atoms with van der Waals surface area (Å²) in [4.78, 5) is 20.3. The van der Waals surface area contributed by atoms with E-state index in [-0.39, 0.29) is 6.09 Å². The molecule has 0 radical (unpaired) electrons. The zero-order valence-corrected chi connectivity index (χ0v) is 15.0. The third-order valence-electron chi connectivity index (χ3n) is 3.96. The molecule has 1 atom stereocenters. The van der Waals surface area contributed by atoms with Crippen molar-refractivity contribution in [3.05, 3.63) is 23.9 Å². The molecule has 1 aliphatic rings. The summed E-state index contributed by atoms with van der Waals surface area (Å²) >= 11 is 0. The number of piperidine rings is 1. The van der Waals surface area contributed by atoms with Gasteiger partial charge >= 0.3 is 6.09 Å². The molecule has 0 saturated carbocycles. The number of nitriles is 1. The third kappa shape index (κ3) is 5.12. The second-order valence-electron chi connectivity index (χ2n) is 7.33. The molecule has 0 aromatic carbocycles. The summed E-state index contributed by atoms with van der Waals surface area (Å²) in [5, 5.41) is 8.86. The quantitative estimate of drug-likeness (QED) is 0.852. The molecule has 1 amide bonds. The van der Waals surface area contributed by atoms with E-state index >= 15 is 0 Å². The number of hydrogen-bond acceptors (Lipinski definition) is 5. The summed E-state index contributed by atoms with van der Waals surface area (Å²) in [6.45, 7) is 8.09. The van der Waals surface area contributed by atoms with Crippen LogP contribution in [0.3, 0.4) is 0 Å². The maximum Gasteiger partial charge on any atom is 0.410 e. The Bertz CT molecular complexity index is 601. The van der Waals surface area contributed by atoms with E-state index in [1.165, 1.54) is 0 Å². The van der Waals surface area contributed by atoms with Gasteiger partial charge in [0.15, 0.2) is 0 Å². The van der Waals surface area contributed by atoms with Crippen LogP contribution in [0.15, 0.2) is 18.3 Å². The lowest BCUT2D eigenvalue weighted by molar-refractivity contribution is 0.0269. The predicted octanol–water partition coefficient (Wildman–Crippen LogP) is 3.04. The van der Waals surface area contributed by atoms with Crippen LogP contribution >= 0.6 is 0 Å². The summed E-state index contributed by atoms with van der Waals surface area (Å²) in [5.41, 5.74) is 0.0908. The first-order valence-corrected chi connectivity index (χ1v) is 8.33. The number of hydrogen-bond donors (Lipinski definition) is 0. The minimum absolute atomic E-state index is 0.281. The second-order valence-corrected chi connectivity index (χ2v) is 7.33. The number of nitrogens with zero attached hydrogens (tertiary/aromatic N) is 4. The fourth-order valence-electron chi connectivity index (χ4n) is 2.86. The van der Waals surface area contributed by atoms with Gasteiger partial charge in [0.1, 0.15) is 17.5 Å². The zero-order valence-electron chi connectivity index (χ0n) is 15.0. The molecule has 2 rings (SSSR count). The highest BCUT2D eigenvalue weighted by Crippen LogP contribution is 2.22. The number of rotatable bonds is 3. The van der Waals surface area contributed by atoms with Crippen molar-refractivity contribution >= 4 is 11.9 Å². The Labute approximate surface area is 144 Å². The van der Waals surface area contributed by atoms with E-state index in [2.05, 4.69) is 16.0 Å². The van der Waals surface area contributed by atoms with Crippen LogP contribution in [0.1, 0.15) is 39.2 Å². The highest BCUT2D eigenvalue weighted by Gasteiger charge is 2.25. The van der Waals surface area contributed by atoms with Crippen molar-refractivity contribution in [3.63, 3.8) is 0 Å². The van der Waals surface area contributed by atoms with Gasteiger partial charge in [0.25, 0.3) is 0 Å². The Morgan fingerprint density at radius 2 is 2.25 bits per heavy atom. The number of pyridine rings is 1. The molecule has 1 saturated heterocycles. The molecule has 1 aromatic rings. The third-order valence-corrected chi connectivity index (χ3v) is 3.96. The summed E-state index contributed by atoms with van der Waals surface area (Å²) < 4.78 is 5.41. The standard InChI is InChI=1S/C18H26N4O2/c1-18(2,3)24-17(23)21(4)12-15-6-5-9-22(13-15)16-8-7-14(10-19)11-20-16/h7-8,11,15H,5-6,9,12-13H2,1-4H3/t15-/m1/s1. The number of carbonyl (C=O) groups is 1. The Morgan fingerprint density at radius 1 is 1.50 bits per heavy atom. The number of ether oxygens (including phenoxy) is 1. The van der Waals surface area contributed by atoms with E-state index < -0.39 is 5.60 Å². The Kier molecular flexibility index (Phi) is 5.66. The maximum absolute atomic E-state index is 12.1. The van der Waals surface area contributed by atoms with Gasteiger partial charge in [-0.05, 0) is 51.7 Å². The topological polar surface area (TPSA) is 69.5 Å². The van der Waals surface area contributed by atoms with Crippen LogP contribution < -0.4 is 4.90 Å². The molecule has 2 heterocycles. The normalized spacial score (nSPS) is 18.0. The lowest BCUT2D eigenvalue weighted by Crippen LogP contribution is -2.43. The summed E-state index contributed by atoms with van der Waals surface area (Å²) in [5.74, 6) is 1.27. The van der Waals surface area contributed by atoms with E-state index in [0.29, 0.717) is 18.0 Å². The first kappa shape index (κ1) is 18.1. The van der Waals surface area contributed by atoms with Crippen molar-refractivity contribution in [3.8, 4) is 6.07 Å². The molecular formula is C18H26N4O2. The molecule has 0 bridgehead atoms. The molecule has 6 nitrogen and oxygen atoms in total. The van der Waals surface area contributed by atoms with Gasteiger partial charge in [-0.2, -0.15) is 5.26 Å². The average Bonchev–Trinajstić information content (AvgIpc) is 2.53. The SMILES string of the molecule is CN(C[C@H]1CCCN(c2ccc(C#N)cn2)C1)C(=O)OC(C)(C)C. The Morgan fingerprint density at radius 3 is 2.83 bits per heavy atom. The van der Waals surface area contributed by atoms with E-state index in [9.17, 15) is 4.79 Å². The molecule has 1 aliphatic heterocycles. The van der Waals surface area contributed by atoms with Gasteiger partial charge in [-0.1, -0.05) is 0 Å². The highest BCUT2D eigenvalue weighted by molar-refractivity contribution is 5.67. The van der Waals surface area contributed by atoms with Gasteiger partial charge in [0.2, 0.25) is 0 Å². The fourth-order valence-corrected chi connectivity index (χ4v) is 2.86. The number of anilines is 1. The van der Waals surface area contributed by atoms with E-state index in [1.807, 2.05) is 26.8 Å². The van der Waals surface area contributed by atoms with Crippen molar-refractivity contribution in [2.75, 3.05) is 31.6 Å². The molecule has 6 heteroatoms. The van der Waals surface area contributed by atoms with Crippen LogP contribution in [0.25, 0.3) is 0 Å². The van der Waals surface area contributed by atoms with E-state index in [1.54, 1.807) is 24.2 Å². The van der Waals surface area contributed by atoms with Crippen LogP contribution in [0, 0.1) is 17.2 Å². The second kappa shape index (κ2) is 7.52. The van der Waals surface area contributed by atoms with Crippen LogP contribution in [-0.2, 0) is 4.74 Å². The molecule has 24 heavy (non-hydrogen) atoms. The van der Waals surface area contributed by atoms with Crippen LogP contribution in [-0.4, -0.2) is 48.3 Å². The van der Waals surface area contributed by atoms with E-state index in [4.69, 9.17) is 10.00 Å². The summed E-state index contributed by atoms with van der Waals surface area (Å²) in [6.07, 6.45) is 3.47. The minimum atomic E-state index is -0.476. The number of aromatic nitrogens is 1. The molecule has 0 aliphatic carbocycles. The van der Waals surface area contributed by atoms with Crippen molar-refractivity contribution in [2.45, 2.75) is 39.2 Å². The van der Waals surface area contributed by atoms with Crippen LogP contribution in [0.2, 0.25) is 0 Å². The molecular weight excluding hydrogens is 304 g/mol. The Hall–Kier alpha value is -2.29. The van der Waals surface area contributed by atoms with Gasteiger partial charge in [-0.25, -0.2) is 9.78 Å². The minimum Gasteiger partial charge on any atom is -0.444 e. The zero-order chi connectivity index (χ0) is 17.7. The summed E-state index contributed by atoms with van der Waals surface area (Å²) in [6, 6.07) is 5.76. The first-order chi connectivity index (χ1) is 11.3. The first-order valence-electron chi connectivity index (χ1n) is 8.33. The van der Waals surface area contributed by atoms with Crippen molar-refractivity contribution < 1.29 is 9.53 Å². The van der Waals surface area contributed by atoms with Crippen LogP contribution in [0.4, 0.5) is 10.6 Å². The highest BCUT2D eigenvalue weighted by atomic mass is 16.6. The van der Waals surface area contributed by atoms with Gasteiger partial charge in [0.05, 0.1) is 5.56 Å². The summed E-state index contributed by atoms with van der Waals surface area (Å²) in [7, 11) is 1.78. The number of amides is 1. The van der Waals surface area contributed by atoms with E-state index in [0.717, 1.165) is 31.7 Å². The average molecular weight is 330 g/mol. The lowest BCUT2D eigenvalue weighted by atomic mass is 9.97. The molecule has 130 valence electrons. The molecule has 0 unspecified atom stereocenters. The van der Waals surface area contributed by atoms with Gasteiger partial charge in [-0.3, -0.25) is 0 Å². The van der Waals surface area contributed by atoms with Gasteiger partial charge in [-0.15, -0.1) is 0 Å². The lowest BCUT2D eigenvalue weighted by Gasteiger charge is -2.35. The van der Waals surface area contributed by atoms with Crippen molar-refractivity contribution in [1.29, 1.82) is 5.26 Å². The van der Waals surface area contributed by atoms with Gasteiger partial charge < -0.3 is 14.5 Å². The molecule has 1 aromatic heterocycles. The monoisotopic (exact) mass is 330 g/mol. The fraction of sp³-hybridized carbons (Fsp3) is 0.611. The molecule has 0 spiro atoms. The predicted molar refractivity (Wildman–Crippen MR) is 92.8 cm³/mol. The van der Waals surface area contributed by atoms with Crippen LogP contribution in [0.5, 0.6) is 0 Å². The largest absolute Gasteiger partial charge is 0.444 e. The molecule has 1 fully saturated rings. The number of carbonyl (C=O) groups excluding carboxylic acids is 1. The molecule has 0 N–H and O–H groups in total. The van der Waals surface area contributed by atoms with Crippen molar-refractivity contribution in [2.24, 2.45) is 5.92 Å². The van der Waals surface area contributed by atoms with Gasteiger partial charge in [0, 0.05) is 32.9 Å². The van der Waals surface area contributed by atoms with Crippen molar-refractivity contribution in [1.82, 2.24) is 9.88 Å². The smallest absolute Gasteiger partial charge is 0.410 e.